The summed E-state index contributed by atoms with van der Waals surface area (Å²) in [4.78, 5) is 36.8. The monoisotopic (exact) mass is 692 g/mol. The number of alkyl halides is 3. The number of halogens is 4. The molecule has 0 saturated carbocycles. The summed E-state index contributed by atoms with van der Waals surface area (Å²) in [5.41, 5.74) is 3.77. The molecule has 250 valence electrons. The highest BCUT2D eigenvalue weighted by molar-refractivity contribution is 7.18. The van der Waals surface area contributed by atoms with Crippen LogP contribution in [-0.2, 0) is 28.9 Å². The number of morpholine rings is 1. The molecule has 1 aliphatic heterocycles. The molecule has 2 aliphatic rings. The second kappa shape index (κ2) is 13.5. The summed E-state index contributed by atoms with van der Waals surface area (Å²) in [6.45, 7) is 4.48. The zero-order valence-corrected chi connectivity index (χ0v) is 27.2. The summed E-state index contributed by atoms with van der Waals surface area (Å²) in [6.07, 6.45) is -3.66. The second-order valence-corrected chi connectivity index (χ2v) is 12.9. The molecule has 4 heterocycles. The van der Waals surface area contributed by atoms with Crippen molar-refractivity contribution in [2.45, 2.75) is 58.2 Å². The molecule has 0 bridgehead atoms. The van der Waals surface area contributed by atoms with Gasteiger partial charge in [-0.1, -0.05) is 11.6 Å². The van der Waals surface area contributed by atoms with Crippen molar-refractivity contribution in [3.63, 3.8) is 0 Å². The van der Waals surface area contributed by atoms with E-state index in [2.05, 4.69) is 14.6 Å². The molecule has 4 aromatic rings. The molecule has 1 saturated heterocycles. The van der Waals surface area contributed by atoms with Crippen LogP contribution in [0.5, 0.6) is 5.75 Å². The topological polar surface area (TPSA) is 116 Å². The van der Waals surface area contributed by atoms with Gasteiger partial charge in [-0.05, 0) is 57.4 Å². The smallest absolute Gasteiger partial charge is 0.491 e. The van der Waals surface area contributed by atoms with Crippen LogP contribution in [0.25, 0.3) is 21.3 Å². The number of carboxylic acid groups (broad SMARTS) is 1. The minimum Gasteiger partial charge on any atom is -0.491 e. The van der Waals surface area contributed by atoms with Gasteiger partial charge in [0.15, 0.2) is 0 Å². The Morgan fingerprint density at radius 3 is 2.79 bits per heavy atom. The average molecular weight is 693 g/mol. The highest BCUT2D eigenvalue weighted by Crippen LogP contribution is 2.40. The number of aryl methyl sites for hydroxylation is 3. The summed E-state index contributed by atoms with van der Waals surface area (Å²) in [7, 11) is 0. The van der Waals surface area contributed by atoms with Crippen LogP contribution < -0.4 is 10.3 Å². The lowest BCUT2D eigenvalue weighted by molar-refractivity contribution is -0.333. The summed E-state index contributed by atoms with van der Waals surface area (Å²) >= 11 is 7.67. The first kappa shape index (κ1) is 33.3. The van der Waals surface area contributed by atoms with Crippen LogP contribution in [0.2, 0.25) is 5.02 Å². The molecule has 6 rings (SSSR count). The zero-order valence-electron chi connectivity index (χ0n) is 25.6. The zero-order chi connectivity index (χ0) is 33.5. The average Bonchev–Trinajstić information content (AvgIpc) is 3.46. The Morgan fingerprint density at radius 2 is 2.02 bits per heavy atom. The van der Waals surface area contributed by atoms with E-state index in [1.807, 2.05) is 6.07 Å². The van der Waals surface area contributed by atoms with Crippen molar-refractivity contribution in [2.24, 2.45) is 0 Å². The number of aromatic carboxylic acids is 1. The van der Waals surface area contributed by atoms with Crippen LogP contribution in [0.1, 0.15) is 39.6 Å². The van der Waals surface area contributed by atoms with Crippen LogP contribution in [0.4, 0.5) is 13.2 Å². The molecule has 47 heavy (non-hydrogen) atoms. The maximum Gasteiger partial charge on any atom is 0.522 e. The first-order valence-corrected chi connectivity index (χ1v) is 16.3. The maximum atomic E-state index is 13.8. The number of benzene rings is 1. The highest BCUT2D eigenvalue weighted by atomic mass is 35.5. The molecule has 3 aromatic heterocycles. The van der Waals surface area contributed by atoms with Crippen molar-refractivity contribution in [1.82, 2.24) is 19.4 Å². The van der Waals surface area contributed by atoms with Gasteiger partial charge in [-0.25, -0.2) is 9.78 Å². The normalized spacial score (nSPS) is 18.8. The number of carbonyl (C=O) groups is 1. The van der Waals surface area contributed by atoms with Crippen LogP contribution in [0.3, 0.4) is 0 Å². The number of rotatable bonds is 9. The van der Waals surface area contributed by atoms with E-state index in [-0.39, 0.29) is 43.5 Å². The summed E-state index contributed by atoms with van der Waals surface area (Å²) in [6, 6.07) is 7.03. The molecule has 10 nitrogen and oxygen atoms in total. The van der Waals surface area contributed by atoms with Crippen LogP contribution >= 0.6 is 22.9 Å². The highest BCUT2D eigenvalue weighted by Gasteiger charge is 2.35. The summed E-state index contributed by atoms with van der Waals surface area (Å²) < 4.78 is 55.7. The van der Waals surface area contributed by atoms with Gasteiger partial charge in [-0.2, -0.15) is 0 Å². The molecule has 0 amide bonds. The summed E-state index contributed by atoms with van der Waals surface area (Å²) in [5.74, 6) is 0.0204. The van der Waals surface area contributed by atoms with Crippen LogP contribution in [0.15, 0.2) is 34.4 Å². The first-order chi connectivity index (χ1) is 22.4. The maximum absolute atomic E-state index is 13.8. The van der Waals surface area contributed by atoms with E-state index >= 15 is 0 Å². The molecule has 0 radical (unpaired) electrons. The van der Waals surface area contributed by atoms with Gasteiger partial charge in [0.1, 0.15) is 18.2 Å². The molecule has 2 atom stereocenters. The molecule has 1 aromatic carbocycles. The Balaban J connectivity index is 1.19. The van der Waals surface area contributed by atoms with Crippen LogP contribution in [0, 0.1) is 13.8 Å². The Morgan fingerprint density at radius 1 is 1.21 bits per heavy atom. The SMILES string of the molecule is Cc1cc(-c2cc(Cl)ccc2OCCn2c(C)nc3c(c2=O)C[C@H](N2CCO[C@@H](COC(F)(F)F)C2)CC3)c2scc(C(=O)O)c2n1. The Bertz CT molecular complexity index is 1880. The van der Waals surface area contributed by atoms with E-state index in [4.69, 9.17) is 26.1 Å². The number of thiophene rings is 1. The third-order valence-electron chi connectivity index (χ3n) is 8.50. The minimum absolute atomic E-state index is 0.0298. The van der Waals surface area contributed by atoms with Gasteiger partial charge in [0, 0.05) is 51.9 Å². The number of nitrogens with zero attached hydrogens (tertiary/aromatic N) is 4. The Labute approximate surface area is 276 Å². The lowest BCUT2D eigenvalue weighted by Crippen LogP contribution is -2.51. The van der Waals surface area contributed by atoms with Gasteiger partial charge in [0.05, 0.1) is 47.3 Å². The fourth-order valence-electron chi connectivity index (χ4n) is 6.32. The number of pyridine rings is 1. The predicted molar refractivity (Wildman–Crippen MR) is 170 cm³/mol. The van der Waals surface area contributed by atoms with Gasteiger partial charge >= 0.3 is 12.3 Å². The lowest BCUT2D eigenvalue weighted by atomic mass is 9.91. The number of fused-ring (bicyclic) bond motifs is 2. The first-order valence-electron chi connectivity index (χ1n) is 15.1. The fourth-order valence-corrected chi connectivity index (χ4v) is 7.50. The van der Waals surface area contributed by atoms with Crippen molar-refractivity contribution >= 4 is 39.1 Å². The van der Waals surface area contributed by atoms with Gasteiger partial charge in [0.25, 0.3) is 5.56 Å². The number of aromatic nitrogens is 3. The third-order valence-corrected chi connectivity index (χ3v) is 9.74. The fraction of sp³-hybridized carbons (Fsp3) is 0.438. The Hall–Kier alpha value is -3.56. The standard InChI is InChI=1S/C32H32ClF3N4O6S/c1-17-11-23(29-28(37-17)25(16-47-29)31(42)43)22-12-19(33)3-6-27(22)45-10-8-40-18(2)38-26-5-4-20(13-24(26)30(40)41)39-7-9-44-21(14-39)15-46-32(34,35)36/h3,6,11-12,16,20-21H,4-5,7-10,13-15H2,1-2H3,(H,42,43)/t20-,21-/m1/s1. The van der Waals surface area contributed by atoms with E-state index in [1.165, 1.54) is 11.3 Å². The van der Waals surface area contributed by atoms with E-state index in [0.717, 1.165) is 17.7 Å². The molecule has 15 heteroatoms. The van der Waals surface area contributed by atoms with Gasteiger partial charge in [-0.15, -0.1) is 24.5 Å². The number of ether oxygens (including phenoxy) is 3. The molecule has 1 aliphatic carbocycles. The van der Waals surface area contributed by atoms with Crippen LogP contribution in [-0.4, -0.2) is 81.9 Å². The van der Waals surface area contributed by atoms with Gasteiger partial charge in [-0.3, -0.25) is 24.0 Å². The van der Waals surface area contributed by atoms with Crippen molar-refractivity contribution in [3.8, 4) is 16.9 Å². The van der Waals surface area contributed by atoms with E-state index in [0.29, 0.717) is 63.0 Å². The van der Waals surface area contributed by atoms with Crippen molar-refractivity contribution in [2.75, 3.05) is 32.9 Å². The van der Waals surface area contributed by atoms with Crippen molar-refractivity contribution in [1.29, 1.82) is 0 Å². The number of hydrogen-bond donors (Lipinski definition) is 1. The van der Waals surface area contributed by atoms with E-state index < -0.39 is 25.0 Å². The minimum atomic E-state index is -4.72. The molecular weight excluding hydrogens is 661 g/mol. The second-order valence-electron chi connectivity index (χ2n) is 11.6. The quantitative estimate of drug-likeness (QED) is 0.237. The third kappa shape index (κ3) is 7.31. The van der Waals surface area contributed by atoms with Crippen molar-refractivity contribution in [3.05, 3.63) is 73.4 Å². The molecular formula is C32H32ClF3N4O6S. The number of carboxylic acids is 1. The van der Waals surface area contributed by atoms with Gasteiger partial charge < -0.3 is 14.6 Å². The van der Waals surface area contributed by atoms with Crippen molar-refractivity contribution < 1.29 is 37.3 Å². The number of hydrogen-bond acceptors (Lipinski definition) is 9. The summed E-state index contributed by atoms with van der Waals surface area (Å²) in [5, 5.41) is 11.7. The molecule has 0 unspecified atom stereocenters. The van der Waals surface area contributed by atoms with Gasteiger partial charge in [0.2, 0.25) is 0 Å². The molecule has 1 N–H and O–H groups in total. The van der Waals surface area contributed by atoms with E-state index in [9.17, 15) is 27.9 Å². The Kier molecular flexibility index (Phi) is 9.59. The molecule has 1 fully saturated rings. The lowest BCUT2D eigenvalue weighted by Gasteiger charge is -2.40. The molecule has 0 spiro atoms. The predicted octanol–water partition coefficient (Wildman–Crippen LogP) is 5.66. The largest absolute Gasteiger partial charge is 0.522 e. The van der Waals surface area contributed by atoms with E-state index in [1.54, 1.807) is 42.0 Å².